The molecule has 0 aliphatic carbocycles. The number of nitrogens with zero attached hydrogens (tertiary/aromatic N) is 1. The third-order valence-electron chi connectivity index (χ3n) is 2.22. The van der Waals surface area contributed by atoms with Crippen molar-refractivity contribution in [3.05, 3.63) is 0 Å². The lowest BCUT2D eigenvalue weighted by molar-refractivity contribution is 0.351. The van der Waals surface area contributed by atoms with Gasteiger partial charge in [-0.05, 0) is 20.0 Å². The van der Waals surface area contributed by atoms with Crippen LogP contribution in [-0.2, 0) is 9.84 Å². The molecule has 0 saturated heterocycles. The van der Waals surface area contributed by atoms with Crippen LogP contribution in [0.4, 0.5) is 0 Å². The van der Waals surface area contributed by atoms with Gasteiger partial charge in [0.2, 0.25) is 0 Å². The van der Waals surface area contributed by atoms with Gasteiger partial charge in [0, 0.05) is 25.4 Å². The van der Waals surface area contributed by atoms with Crippen LogP contribution in [0.5, 0.6) is 0 Å². The highest BCUT2D eigenvalue weighted by atomic mass is 32.2. The Morgan fingerprint density at radius 2 is 1.80 bits per heavy atom. The highest BCUT2D eigenvalue weighted by Gasteiger charge is 2.10. The lowest BCUT2D eigenvalue weighted by Gasteiger charge is -2.16. The average molecular weight is 236 g/mol. The number of nitrogens with one attached hydrogen (secondary N) is 1. The largest absolute Gasteiger partial charge is 0.316 e. The van der Waals surface area contributed by atoms with Gasteiger partial charge in [0.1, 0.15) is 0 Å². The van der Waals surface area contributed by atoms with Gasteiger partial charge in [-0.15, -0.1) is 0 Å². The fraction of sp³-hybridized carbons (Fsp3) is 1.00. The minimum absolute atomic E-state index is 0.281. The van der Waals surface area contributed by atoms with E-state index in [-0.39, 0.29) is 5.75 Å². The van der Waals surface area contributed by atoms with Gasteiger partial charge in [0.15, 0.2) is 9.84 Å². The quantitative estimate of drug-likeness (QED) is 0.587. The molecule has 0 aromatic carbocycles. The fourth-order valence-corrected chi connectivity index (χ4v) is 2.68. The molecule has 0 aliphatic heterocycles. The Kier molecular flexibility index (Phi) is 8.00. The van der Waals surface area contributed by atoms with Gasteiger partial charge in [-0.3, -0.25) is 0 Å². The second-order valence-electron chi connectivity index (χ2n) is 3.81. The third kappa shape index (κ3) is 8.84. The zero-order valence-electron chi connectivity index (χ0n) is 10.1. The number of likely N-dealkylation sites (N-methyl/N-ethyl adjacent to an activating group) is 2. The molecular weight excluding hydrogens is 212 g/mol. The summed E-state index contributed by atoms with van der Waals surface area (Å²) in [4.78, 5) is 2.05. The smallest absolute Gasteiger partial charge is 0.151 e. The van der Waals surface area contributed by atoms with Crippen molar-refractivity contribution in [3.63, 3.8) is 0 Å². The Labute approximate surface area is 94.0 Å². The first-order valence-electron chi connectivity index (χ1n) is 5.61. The standard InChI is InChI=1S/C10H24N2O2S/c1-4-9-15(13,14)10-8-12(3)7-6-11-5-2/h11H,4-10H2,1-3H3. The number of sulfone groups is 1. The van der Waals surface area contributed by atoms with Gasteiger partial charge in [0.05, 0.1) is 5.75 Å². The van der Waals surface area contributed by atoms with Crippen LogP contribution in [0.25, 0.3) is 0 Å². The topological polar surface area (TPSA) is 49.4 Å². The van der Waals surface area contributed by atoms with Crippen molar-refractivity contribution >= 4 is 9.84 Å². The first kappa shape index (κ1) is 14.9. The van der Waals surface area contributed by atoms with Gasteiger partial charge in [-0.25, -0.2) is 8.42 Å². The predicted molar refractivity (Wildman–Crippen MR) is 65.0 cm³/mol. The highest BCUT2D eigenvalue weighted by Crippen LogP contribution is 1.94. The van der Waals surface area contributed by atoms with Crippen molar-refractivity contribution in [3.8, 4) is 0 Å². The van der Waals surface area contributed by atoms with Gasteiger partial charge in [-0.1, -0.05) is 13.8 Å². The Bertz CT molecular complexity index is 240. The molecule has 92 valence electrons. The van der Waals surface area contributed by atoms with Crippen LogP contribution in [-0.4, -0.2) is 58.1 Å². The van der Waals surface area contributed by atoms with E-state index in [4.69, 9.17) is 0 Å². The van der Waals surface area contributed by atoms with E-state index in [0.717, 1.165) is 19.6 Å². The molecule has 0 aromatic rings. The summed E-state index contributed by atoms with van der Waals surface area (Å²) in [5, 5.41) is 3.21. The van der Waals surface area contributed by atoms with Crippen LogP contribution in [0, 0.1) is 0 Å². The van der Waals surface area contributed by atoms with E-state index in [1.54, 1.807) is 0 Å². The van der Waals surface area contributed by atoms with E-state index in [9.17, 15) is 8.42 Å². The molecular formula is C10H24N2O2S. The maximum Gasteiger partial charge on any atom is 0.151 e. The van der Waals surface area contributed by atoms with Gasteiger partial charge in [0.25, 0.3) is 0 Å². The van der Waals surface area contributed by atoms with Crippen LogP contribution in [0.2, 0.25) is 0 Å². The molecule has 1 N–H and O–H groups in total. The van der Waals surface area contributed by atoms with E-state index in [2.05, 4.69) is 17.1 Å². The van der Waals surface area contributed by atoms with Crippen molar-refractivity contribution in [1.82, 2.24) is 10.2 Å². The van der Waals surface area contributed by atoms with E-state index in [1.165, 1.54) is 0 Å². The van der Waals surface area contributed by atoms with Crippen LogP contribution in [0.15, 0.2) is 0 Å². The Morgan fingerprint density at radius 1 is 1.13 bits per heavy atom. The number of hydrogen-bond acceptors (Lipinski definition) is 4. The second-order valence-corrected chi connectivity index (χ2v) is 6.11. The minimum Gasteiger partial charge on any atom is -0.316 e. The Hall–Kier alpha value is -0.130. The maximum atomic E-state index is 11.4. The van der Waals surface area contributed by atoms with E-state index < -0.39 is 9.84 Å². The van der Waals surface area contributed by atoms with Crippen LogP contribution in [0.3, 0.4) is 0 Å². The third-order valence-corrected chi connectivity index (χ3v) is 4.05. The summed E-state index contributed by atoms with van der Waals surface area (Å²) in [5.41, 5.74) is 0. The SMILES string of the molecule is CCCS(=O)(=O)CCN(C)CCNCC. The molecule has 0 spiro atoms. The zero-order valence-corrected chi connectivity index (χ0v) is 10.9. The second kappa shape index (κ2) is 8.07. The van der Waals surface area contributed by atoms with Crippen molar-refractivity contribution in [2.45, 2.75) is 20.3 Å². The van der Waals surface area contributed by atoms with Gasteiger partial charge in [-0.2, -0.15) is 0 Å². The molecule has 0 amide bonds. The molecule has 5 heteroatoms. The lowest BCUT2D eigenvalue weighted by Crippen LogP contribution is -2.32. The molecule has 4 nitrogen and oxygen atoms in total. The average Bonchev–Trinajstić information content (AvgIpc) is 2.15. The molecule has 0 aromatic heterocycles. The molecule has 15 heavy (non-hydrogen) atoms. The first-order valence-corrected chi connectivity index (χ1v) is 7.43. The van der Waals surface area contributed by atoms with E-state index >= 15 is 0 Å². The molecule has 0 rings (SSSR count). The Morgan fingerprint density at radius 3 is 2.33 bits per heavy atom. The van der Waals surface area contributed by atoms with Crippen molar-refractivity contribution in [2.75, 3.05) is 44.7 Å². The van der Waals surface area contributed by atoms with Crippen molar-refractivity contribution in [1.29, 1.82) is 0 Å². The highest BCUT2D eigenvalue weighted by molar-refractivity contribution is 7.91. The van der Waals surface area contributed by atoms with E-state index in [1.807, 2.05) is 14.0 Å². The molecule has 0 saturated carbocycles. The summed E-state index contributed by atoms with van der Waals surface area (Å²) in [7, 11) is -0.862. The van der Waals surface area contributed by atoms with Crippen LogP contribution in [0.1, 0.15) is 20.3 Å². The summed E-state index contributed by atoms with van der Waals surface area (Å²) in [6.07, 6.45) is 0.712. The fourth-order valence-electron chi connectivity index (χ4n) is 1.27. The molecule has 0 atom stereocenters. The summed E-state index contributed by atoms with van der Waals surface area (Å²) >= 11 is 0. The monoisotopic (exact) mass is 236 g/mol. The summed E-state index contributed by atoms with van der Waals surface area (Å²) < 4.78 is 22.8. The van der Waals surface area contributed by atoms with E-state index in [0.29, 0.717) is 18.7 Å². The summed E-state index contributed by atoms with van der Waals surface area (Å²) in [6, 6.07) is 0. The molecule has 0 radical (unpaired) electrons. The zero-order chi connectivity index (χ0) is 11.7. The van der Waals surface area contributed by atoms with Gasteiger partial charge < -0.3 is 10.2 Å². The normalized spacial score (nSPS) is 12.3. The number of hydrogen-bond donors (Lipinski definition) is 1. The van der Waals surface area contributed by atoms with Crippen LogP contribution < -0.4 is 5.32 Å². The van der Waals surface area contributed by atoms with Gasteiger partial charge >= 0.3 is 0 Å². The lowest BCUT2D eigenvalue weighted by atomic mass is 10.5. The molecule has 0 bridgehead atoms. The minimum atomic E-state index is -2.82. The first-order chi connectivity index (χ1) is 7.02. The summed E-state index contributed by atoms with van der Waals surface area (Å²) in [5.74, 6) is 0.595. The molecule has 0 heterocycles. The maximum absolute atomic E-state index is 11.4. The van der Waals surface area contributed by atoms with Crippen molar-refractivity contribution in [2.24, 2.45) is 0 Å². The Balaban J connectivity index is 3.65. The summed E-state index contributed by atoms with van der Waals surface area (Å²) in [6.45, 7) is 7.37. The molecule has 0 fully saturated rings. The predicted octanol–water partition coefficient (Wildman–Crippen LogP) is 0.353. The molecule has 0 unspecified atom stereocenters. The molecule has 0 aliphatic rings. The van der Waals surface area contributed by atoms with Crippen molar-refractivity contribution < 1.29 is 8.42 Å². The number of rotatable bonds is 9. The van der Waals surface area contributed by atoms with Crippen LogP contribution >= 0.6 is 0 Å².